The minimum absolute atomic E-state index is 0. The Morgan fingerprint density at radius 1 is 1.07 bits per heavy atom. The van der Waals surface area contributed by atoms with Gasteiger partial charge in [-0.05, 0) is 32.0 Å². The number of nitrogens with zero attached hydrogens (tertiary/aromatic N) is 3. The molecule has 0 atom stereocenters. The van der Waals surface area contributed by atoms with E-state index in [1.165, 1.54) is 38.5 Å². The van der Waals surface area contributed by atoms with Crippen LogP contribution in [0.1, 0.15) is 48.9 Å². The quantitative estimate of drug-likeness (QED) is 0.535. The van der Waals surface area contributed by atoms with Crippen LogP contribution in [0, 0.1) is 0 Å². The highest BCUT2D eigenvalue weighted by Gasteiger charge is 2.17. The molecule has 1 saturated carbocycles. The fraction of sp³-hybridized carbons (Fsp3) is 0.700. The lowest BCUT2D eigenvalue weighted by Gasteiger charge is -2.33. The van der Waals surface area contributed by atoms with E-state index in [9.17, 15) is 4.79 Å². The number of aromatic nitrogens is 1. The number of amides is 1. The van der Waals surface area contributed by atoms with Crippen molar-refractivity contribution in [3.05, 3.63) is 23.9 Å². The molecule has 0 radical (unpaired) electrons. The van der Waals surface area contributed by atoms with Crippen molar-refractivity contribution in [3.8, 4) is 0 Å². The van der Waals surface area contributed by atoms with E-state index < -0.39 is 0 Å². The normalized spacial score (nSPS) is 18.5. The van der Waals surface area contributed by atoms with Crippen LogP contribution in [-0.4, -0.2) is 68.1 Å². The molecule has 1 saturated heterocycles. The summed E-state index contributed by atoms with van der Waals surface area (Å²) in [6.45, 7) is 5.49. The van der Waals surface area contributed by atoms with Gasteiger partial charge in [-0.15, -0.1) is 24.8 Å². The van der Waals surface area contributed by atoms with Crippen molar-refractivity contribution < 1.29 is 4.79 Å². The molecule has 1 aromatic rings. The minimum atomic E-state index is -0.00885. The molecule has 28 heavy (non-hydrogen) atoms. The lowest BCUT2D eigenvalue weighted by molar-refractivity contribution is 0.0953. The van der Waals surface area contributed by atoms with E-state index in [1.807, 2.05) is 6.07 Å². The van der Waals surface area contributed by atoms with E-state index in [0.717, 1.165) is 38.5 Å². The van der Waals surface area contributed by atoms with Gasteiger partial charge in [-0.3, -0.25) is 4.79 Å². The topological polar surface area (TPSA) is 60.5 Å². The second-order valence-electron chi connectivity index (χ2n) is 7.59. The van der Waals surface area contributed by atoms with Crippen molar-refractivity contribution in [1.29, 1.82) is 0 Å². The van der Waals surface area contributed by atoms with Gasteiger partial charge in [0.15, 0.2) is 0 Å². The number of carbonyl (C=O) groups excluding carboxylic acids is 1. The third kappa shape index (κ3) is 7.74. The van der Waals surface area contributed by atoms with Crippen LogP contribution in [-0.2, 0) is 0 Å². The second kappa shape index (κ2) is 13.2. The molecule has 2 N–H and O–H groups in total. The van der Waals surface area contributed by atoms with Gasteiger partial charge in [0.1, 0.15) is 5.82 Å². The van der Waals surface area contributed by atoms with Gasteiger partial charge in [0.25, 0.3) is 5.91 Å². The Kier molecular flexibility index (Phi) is 11.8. The molecule has 2 heterocycles. The summed E-state index contributed by atoms with van der Waals surface area (Å²) in [4.78, 5) is 21.5. The maximum Gasteiger partial charge on any atom is 0.251 e. The molecule has 0 aromatic carbocycles. The summed E-state index contributed by atoms with van der Waals surface area (Å²) < 4.78 is 0. The fourth-order valence-electron chi connectivity index (χ4n) is 3.81. The van der Waals surface area contributed by atoms with Gasteiger partial charge in [-0.25, -0.2) is 4.98 Å². The van der Waals surface area contributed by atoms with Crippen molar-refractivity contribution in [2.45, 2.75) is 44.6 Å². The number of hydrogen-bond donors (Lipinski definition) is 2. The Morgan fingerprint density at radius 2 is 1.75 bits per heavy atom. The predicted octanol–water partition coefficient (Wildman–Crippen LogP) is 2.72. The number of piperazine rings is 1. The van der Waals surface area contributed by atoms with E-state index in [0.29, 0.717) is 18.2 Å². The van der Waals surface area contributed by atoms with Crippen LogP contribution in [0.5, 0.6) is 0 Å². The highest BCUT2D eigenvalue weighted by atomic mass is 35.5. The number of carbonyl (C=O) groups is 1. The Bertz CT molecular complexity index is 573. The molecule has 0 unspecified atom stereocenters. The van der Waals surface area contributed by atoms with E-state index in [2.05, 4.69) is 32.5 Å². The number of anilines is 1. The van der Waals surface area contributed by atoms with E-state index in [-0.39, 0.29) is 30.7 Å². The molecule has 0 spiro atoms. The first-order valence-corrected chi connectivity index (χ1v) is 10.1. The van der Waals surface area contributed by atoms with Crippen LogP contribution in [0.2, 0.25) is 0 Å². The molecule has 6 nitrogen and oxygen atoms in total. The first-order chi connectivity index (χ1) is 12.7. The lowest BCUT2D eigenvalue weighted by Crippen LogP contribution is -2.44. The molecule has 1 aliphatic heterocycles. The zero-order chi connectivity index (χ0) is 18.2. The van der Waals surface area contributed by atoms with Gasteiger partial charge in [-0.1, -0.05) is 25.7 Å². The fourth-order valence-corrected chi connectivity index (χ4v) is 3.81. The van der Waals surface area contributed by atoms with Crippen LogP contribution >= 0.6 is 24.8 Å². The first-order valence-electron chi connectivity index (χ1n) is 10.1. The molecular formula is C20H35Cl2N5O. The van der Waals surface area contributed by atoms with Crippen LogP contribution in [0.25, 0.3) is 0 Å². The average molecular weight is 432 g/mol. The summed E-state index contributed by atoms with van der Waals surface area (Å²) in [5.41, 5.74) is 0.698. The van der Waals surface area contributed by atoms with E-state index in [1.54, 1.807) is 12.3 Å². The summed E-state index contributed by atoms with van der Waals surface area (Å²) in [6, 6.07) is 4.34. The summed E-state index contributed by atoms with van der Waals surface area (Å²) in [7, 11) is 2.14. The monoisotopic (exact) mass is 431 g/mol. The van der Waals surface area contributed by atoms with Gasteiger partial charge in [0.05, 0.1) is 0 Å². The molecule has 160 valence electrons. The molecule has 1 aliphatic carbocycles. The smallest absolute Gasteiger partial charge is 0.251 e. The highest BCUT2D eigenvalue weighted by Crippen LogP contribution is 2.17. The molecule has 0 bridgehead atoms. The van der Waals surface area contributed by atoms with Crippen LogP contribution in [0.15, 0.2) is 18.3 Å². The Labute approximate surface area is 181 Å². The predicted molar refractivity (Wildman–Crippen MR) is 120 cm³/mol. The van der Waals surface area contributed by atoms with Gasteiger partial charge in [0, 0.05) is 57.1 Å². The first kappa shape index (κ1) is 25.0. The van der Waals surface area contributed by atoms with Crippen LogP contribution < -0.4 is 15.5 Å². The van der Waals surface area contributed by atoms with Crippen molar-refractivity contribution in [1.82, 2.24) is 20.5 Å². The molecular weight excluding hydrogens is 397 g/mol. The number of hydrogen-bond acceptors (Lipinski definition) is 5. The van der Waals surface area contributed by atoms with Crippen molar-refractivity contribution in [2.24, 2.45) is 0 Å². The highest BCUT2D eigenvalue weighted by molar-refractivity contribution is 5.94. The largest absolute Gasteiger partial charge is 0.354 e. The maximum absolute atomic E-state index is 12.4. The van der Waals surface area contributed by atoms with Gasteiger partial charge >= 0.3 is 0 Å². The number of halogens is 2. The number of rotatable bonds is 6. The van der Waals surface area contributed by atoms with Gasteiger partial charge in [-0.2, -0.15) is 0 Å². The Balaban J connectivity index is 0.00000196. The lowest BCUT2D eigenvalue weighted by atomic mass is 10.1. The third-order valence-electron chi connectivity index (χ3n) is 5.53. The van der Waals surface area contributed by atoms with Crippen molar-refractivity contribution >= 4 is 36.5 Å². The summed E-state index contributed by atoms with van der Waals surface area (Å²) in [6.07, 6.45) is 9.68. The van der Waals surface area contributed by atoms with E-state index >= 15 is 0 Å². The zero-order valence-electron chi connectivity index (χ0n) is 16.9. The number of nitrogens with one attached hydrogen (secondary N) is 2. The Hall–Kier alpha value is -1.08. The molecule has 8 heteroatoms. The standard InChI is InChI=1S/C20H33N5O.2ClH/c1-24-12-14-25(15-13-24)19-16-17(8-9-22-19)20(26)23-11-10-21-18-6-4-2-3-5-7-18;;/h8-9,16,18,21H,2-7,10-15H2,1H3,(H,23,26);2*1H. The summed E-state index contributed by atoms with van der Waals surface area (Å²) in [5, 5.41) is 6.63. The second-order valence-corrected chi connectivity index (χ2v) is 7.59. The molecule has 1 aromatic heterocycles. The summed E-state index contributed by atoms with van der Waals surface area (Å²) in [5.74, 6) is 0.896. The third-order valence-corrected chi connectivity index (χ3v) is 5.53. The molecule has 1 amide bonds. The SMILES string of the molecule is CN1CCN(c2cc(C(=O)NCCNC3CCCCCC3)ccn2)CC1.Cl.Cl. The van der Waals surface area contributed by atoms with Gasteiger partial charge in [0.2, 0.25) is 0 Å². The zero-order valence-corrected chi connectivity index (χ0v) is 18.5. The Morgan fingerprint density at radius 3 is 2.43 bits per heavy atom. The molecule has 3 rings (SSSR count). The molecule has 2 aliphatic rings. The summed E-state index contributed by atoms with van der Waals surface area (Å²) >= 11 is 0. The van der Waals surface area contributed by atoms with Crippen molar-refractivity contribution in [3.63, 3.8) is 0 Å². The number of likely N-dealkylation sites (N-methyl/N-ethyl adjacent to an activating group) is 1. The van der Waals surface area contributed by atoms with Crippen molar-refractivity contribution in [2.75, 3.05) is 51.2 Å². The number of pyridine rings is 1. The molecule has 2 fully saturated rings. The van der Waals surface area contributed by atoms with E-state index in [4.69, 9.17) is 0 Å². The van der Waals surface area contributed by atoms with Crippen LogP contribution in [0.3, 0.4) is 0 Å². The average Bonchev–Trinajstić information content (AvgIpc) is 2.94. The minimum Gasteiger partial charge on any atom is -0.354 e. The maximum atomic E-state index is 12.4. The van der Waals surface area contributed by atoms with Crippen LogP contribution in [0.4, 0.5) is 5.82 Å². The van der Waals surface area contributed by atoms with Gasteiger partial charge < -0.3 is 20.4 Å².